The summed E-state index contributed by atoms with van der Waals surface area (Å²) < 4.78 is 5.93. The van der Waals surface area contributed by atoms with E-state index in [2.05, 4.69) is 27.7 Å². The SMILES string of the molecule is CCCCOC1=C(C(=O)O)N(CC(C)(C)C)C=C2CC(=O)C(C)C=C21. The Balaban J connectivity index is 2.52. The number of hydrogen-bond acceptors (Lipinski definition) is 4. The average molecular weight is 347 g/mol. The molecule has 0 spiro atoms. The second kappa shape index (κ2) is 7.46. The van der Waals surface area contributed by atoms with Crippen molar-refractivity contribution < 1.29 is 19.4 Å². The molecule has 1 aliphatic heterocycles. The van der Waals surface area contributed by atoms with Crippen LogP contribution in [0.25, 0.3) is 0 Å². The summed E-state index contributed by atoms with van der Waals surface area (Å²) in [7, 11) is 0. The molecule has 2 aliphatic rings. The molecular formula is C20H29NO4. The fourth-order valence-electron chi connectivity index (χ4n) is 3.06. The number of ether oxygens (including phenoxy) is 1. The molecule has 0 fully saturated rings. The smallest absolute Gasteiger partial charge is 0.356 e. The Morgan fingerprint density at radius 1 is 1.40 bits per heavy atom. The zero-order chi connectivity index (χ0) is 18.8. The first kappa shape index (κ1) is 19.3. The van der Waals surface area contributed by atoms with Crippen LogP contribution < -0.4 is 0 Å². The lowest BCUT2D eigenvalue weighted by atomic mass is 9.83. The first-order valence-electron chi connectivity index (χ1n) is 8.97. The number of ketones is 1. The van der Waals surface area contributed by atoms with Gasteiger partial charge in [0.2, 0.25) is 0 Å². The number of Topliss-reactive ketones (excluding diaryl/α,β-unsaturated/α-hetero) is 1. The van der Waals surface area contributed by atoms with Gasteiger partial charge in [-0.05, 0) is 17.4 Å². The summed E-state index contributed by atoms with van der Waals surface area (Å²) in [6, 6.07) is 0. The maximum absolute atomic E-state index is 12.1. The summed E-state index contributed by atoms with van der Waals surface area (Å²) in [5.41, 5.74) is 1.69. The van der Waals surface area contributed by atoms with Crippen molar-refractivity contribution in [2.75, 3.05) is 13.2 Å². The van der Waals surface area contributed by atoms with Crippen LogP contribution >= 0.6 is 0 Å². The van der Waals surface area contributed by atoms with E-state index in [-0.39, 0.29) is 22.8 Å². The molecule has 0 aromatic heterocycles. The first-order valence-corrected chi connectivity index (χ1v) is 8.97. The lowest BCUT2D eigenvalue weighted by Crippen LogP contribution is -2.36. The molecular weight excluding hydrogens is 318 g/mol. The van der Waals surface area contributed by atoms with Gasteiger partial charge in [-0.3, -0.25) is 4.79 Å². The molecule has 5 nitrogen and oxygen atoms in total. The number of carbonyl (C=O) groups is 2. The van der Waals surface area contributed by atoms with Gasteiger partial charge >= 0.3 is 5.97 Å². The highest BCUT2D eigenvalue weighted by Gasteiger charge is 2.36. The fraction of sp³-hybridized carbons (Fsp3) is 0.600. The van der Waals surface area contributed by atoms with Gasteiger partial charge in [-0.15, -0.1) is 0 Å². The largest absolute Gasteiger partial charge is 0.490 e. The summed E-state index contributed by atoms with van der Waals surface area (Å²) in [4.78, 5) is 25.9. The normalized spacial score (nSPS) is 20.9. The zero-order valence-corrected chi connectivity index (χ0v) is 15.9. The van der Waals surface area contributed by atoms with Gasteiger partial charge in [0.15, 0.2) is 11.5 Å². The number of nitrogens with zero attached hydrogens (tertiary/aromatic N) is 1. The summed E-state index contributed by atoms with van der Waals surface area (Å²) in [5.74, 6) is -0.669. The predicted molar refractivity (Wildman–Crippen MR) is 96.6 cm³/mol. The van der Waals surface area contributed by atoms with Crippen LogP contribution in [0.15, 0.2) is 34.9 Å². The second-order valence-electron chi connectivity index (χ2n) is 8.04. The topological polar surface area (TPSA) is 66.8 Å². The van der Waals surface area contributed by atoms with Crippen LogP contribution in [0.5, 0.6) is 0 Å². The molecule has 0 saturated heterocycles. The minimum absolute atomic E-state index is 0.0977. The Morgan fingerprint density at radius 2 is 2.08 bits per heavy atom. The van der Waals surface area contributed by atoms with E-state index in [0.717, 1.165) is 24.0 Å². The van der Waals surface area contributed by atoms with Gasteiger partial charge in [0, 0.05) is 30.7 Å². The van der Waals surface area contributed by atoms with E-state index in [4.69, 9.17) is 4.74 Å². The van der Waals surface area contributed by atoms with Gasteiger partial charge in [0.25, 0.3) is 0 Å². The van der Waals surface area contributed by atoms with Crippen molar-refractivity contribution in [2.24, 2.45) is 11.3 Å². The van der Waals surface area contributed by atoms with Crippen molar-refractivity contribution in [3.63, 3.8) is 0 Å². The third-order valence-corrected chi connectivity index (χ3v) is 4.29. The molecule has 0 amide bonds. The number of fused-ring (bicyclic) bond motifs is 1. The van der Waals surface area contributed by atoms with Crippen molar-refractivity contribution in [1.29, 1.82) is 0 Å². The van der Waals surface area contributed by atoms with Crippen LogP contribution in [0, 0.1) is 11.3 Å². The molecule has 0 aromatic carbocycles. The molecule has 0 radical (unpaired) electrons. The molecule has 1 unspecified atom stereocenters. The molecule has 1 heterocycles. The van der Waals surface area contributed by atoms with Gasteiger partial charge in [-0.25, -0.2) is 4.79 Å². The number of hydrogen-bond donors (Lipinski definition) is 1. The molecule has 25 heavy (non-hydrogen) atoms. The van der Waals surface area contributed by atoms with E-state index in [9.17, 15) is 14.7 Å². The van der Waals surface area contributed by atoms with Crippen LogP contribution in [0.2, 0.25) is 0 Å². The number of carbonyl (C=O) groups excluding carboxylic acids is 1. The van der Waals surface area contributed by atoms with Gasteiger partial charge in [-0.1, -0.05) is 47.1 Å². The quantitative estimate of drug-likeness (QED) is 0.739. The number of aliphatic carboxylic acids is 1. The number of carboxylic acids is 1. The van der Waals surface area contributed by atoms with Gasteiger partial charge < -0.3 is 14.7 Å². The molecule has 1 atom stereocenters. The molecule has 1 N–H and O–H groups in total. The Hall–Kier alpha value is -2.04. The highest BCUT2D eigenvalue weighted by atomic mass is 16.5. The standard InChI is InChI=1S/C20H29NO4/c1-6-7-8-25-18-15-9-13(2)16(22)10-14(15)11-21(12-20(3,4)5)17(18)19(23)24/h9,11,13H,6-8,10,12H2,1-5H3,(H,23,24). The molecule has 0 saturated carbocycles. The minimum Gasteiger partial charge on any atom is -0.490 e. The Labute approximate surface area is 150 Å². The van der Waals surface area contributed by atoms with Crippen molar-refractivity contribution >= 4 is 11.8 Å². The van der Waals surface area contributed by atoms with Crippen molar-refractivity contribution in [2.45, 2.75) is 53.9 Å². The lowest BCUT2D eigenvalue weighted by Gasteiger charge is -2.36. The third kappa shape index (κ3) is 4.53. The van der Waals surface area contributed by atoms with Crippen LogP contribution in [0.1, 0.15) is 53.9 Å². The molecule has 0 bridgehead atoms. The lowest BCUT2D eigenvalue weighted by molar-refractivity contribution is -0.134. The summed E-state index contributed by atoms with van der Waals surface area (Å²) in [5, 5.41) is 9.84. The highest BCUT2D eigenvalue weighted by Crippen LogP contribution is 2.38. The monoisotopic (exact) mass is 347 g/mol. The average Bonchev–Trinajstić information content (AvgIpc) is 2.47. The van der Waals surface area contributed by atoms with Crippen molar-refractivity contribution in [1.82, 2.24) is 4.90 Å². The van der Waals surface area contributed by atoms with Crippen molar-refractivity contribution in [3.05, 3.63) is 34.9 Å². The molecule has 138 valence electrons. The first-order chi connectivity index (χ1) is 11.6. The Kier molecular flexibility index (Phi) is 5.76. The van der Waals surface area contributed by atoms with E-state index in [0.29, 0.717) is 25.3 Å². The maximum Gasteiger partial charge on any atom is 0.356 e. The van der Waals surface area contributed by atoms with Crippen LogP contribution in [0.3, 0.4) is 0 Å². The van der Waals surface area contributed by atoms with Crippen LogP contribution in [-0.4, -0.2) is 34.9 Å². The molecule has 0 aromatic rings. The molecule has 2 rings (SSSR count). The summed E-state index contributed by atoms with van der Waals surface area (Å²) >= 11 is 0. The number of rotatable bonds is 6. The maximum atomic E-state index is 12.1. The van der Waals surface area contributed by atoms with Crippen LogP contribution in [-0.2, 0) is 14.3 Å². The summed E-state index contributed by atoms with van der Waals surface area (Å²) in [6.45, 7) is 11.1. The number of carboxylic acid groups (broad SMARTS) is 1. The Bertz CT molecular complexity index is 649. The minimum atomic E-state index is -1.00. The van der Waals surface area contributed by atoms with Gasteiger partial charge in [-0.2, -0.15) is 0 Å². The van der Waals surface area contributed by atoms with E-state index in [1.54, 1.807) is 4.90 Å². The highest BCUT2D eigenvalue weighted by molar-refractivity contribution is 5.92. The third-order valence-electron chi connectivity index (χ3n) is 4.29. The van der Waals surface area contributed by atoms with E-state index in [1.165, 1.54) is 0 Å². The molecule has 5 heteroatoms. The van der Waals surface area contributed by atoms with Crippen LogP contribution in [0.4, 0.5) is 0 Å². The van der Waals surface area contributed by atoms with E-state index >= 15 is 0 Å². The van der Waals surface area contributed by atoms with E-state index < -0.39 is 5.97 Å². The second-order valence-corrected chi connectivity index (χ2v) is 8.04. The molecule has 1 aliphatic carbocycles. The number of allylic oxidation sites excluding steroid dienone is 2. The predicted octanol–water partition coefficient (Wildman–Crippen LogP) is 3.88. The Morgan fingerprint density at radius 3 is 2.64 bits per heavy atom. The summed E-state index contributed by atoms with van der Waals surface area (Å²) in [6.07, 6.45) is 5.81. The van der Waals surface area contributed by atoms with Gasteiger partial charge in [0.05, 0.1) is 6.61 Å². The fourth-order valence-corrected chi connectivity index (χ4v) is 3.06. The number of unbranched alkanes of at least 4 members (excludes halogenated alkanes) is 1. The zero-order valence-electron chi connectivity index (χ0n) is 15.9. The van der Waals surface area contributed by atoms with E-state index in [1.807, 2.05) is 19.2 Å². The van der Waals surface area contributed by atoms with Crippen molar-refractivity contribution in [3.8, 4) is 0 Å². The van der Waals surface area contributed by atoms with Gasteiger partial charge in [0.1, 0.15) is 5.78 Å².